The summed E-state index contributed by atoms with van der Waals surface area (Å²) in [7, 11) is 0. The Labute approximate surface area is 149 Å². The molecule has 0 aliphatic carbocycles. The van der Waals surface area contributed by atoms with Crippen LogP contribution in [0, 0.1) is 0 Å². The van der Waals surface area contributed by atoms with Crippen molar-refractivity contribution in [2.45, 2.75) is 45.3 Å². The van der Waals surface area contributed by atoms with Crippen molar-refractivity contribution in [3.05, 3.63) is 69.7 Å². The maximum atomic E-state index is 6.40. The Hall–Kier alpha value is -1.39. The molecule has 1 heterocycles. The van der Waals surface area contributed by atoms with Crippen molar-refractivity contribution in [3.8, 4) is 0 Å². The SMILES string of the molecule is CC(C)c1ccc(CC(N)CON2Cc3ccccc3C2)c(Cl)c1. The van der Waals surface area contributed by atoms with Crippen LogP contribution in [-0.2, 0) is 24.3 Å². The zero-order valence-corrected chi connectivity index (χ0v) is 15.1. The Morgan fingerprint density at radius 1 is 1.12 bits per heavy atom. The molecular weight excluding hydrogens is 320 g/mol. The molecule has 0 fully saturated rings. The average molecular weight is 345 g/mol. The molecule has 2 aromatic rings. The largest absolute Gasteiger partial charge is 0.325 e. The molecule has 2 aromatic carbocycles. The van der Waals surface area contributed by atoms with E-state index < -0.39 is 0 Å². The maximum Gasteiger partial charge on any atom is 0.0839 e. The van der Waals surface area contributed by atoms with Crippen LogP contribution in [0.3, 0.4) is 0 Å². The molecule has 3 nitrogen and oxygen atoms in total. The molecule has 2 N–H and O–H groups in total. The number of hydrogen-bond donors (Lipinski definition) is 1. The Morgan fingerprint density at radius 2 is 1.79 bits per heavy atom. The predicted octanol–water partition coefficient (Wildman–Crippen LogP) is 4.28. The maximum absolute atomic E-state index is 6.40. The average Bonchev–Trinajstić information content (AvgIpc) is 2.97. The van der Waals surface area contributed by atoms with Crippen molar-refractivity contribution < 1.29 is 4.84 Å². The first-order valence-corrected chi connectivity index (χ1v) is 8.89. The summed E-state index contributed by atoms with van der Waals surface area (Å²) in [5.41, 5.74) is 11.2. The van der Waals surface area contributed by atoms with E-state index in [1.165, 1.54) is 16.7 Å². The summed E-state index contributed by atoms with van der Waals surface area (Å²) in [4.78, 5) is 5.89. The quantitative estimate of drug-likeness (QED) is 0.850. The fraction of sp³-hybridized carbons (Fsp3) is 0.400. The summed E-state index contributed by atoms with van der Waals surface area (Å²) < 4.78 is 0. The highest BCUT2D eigenvalue weighted by molar-refractivity contribution is 6.31. The van der Waals surface area contributed by atoms with Crippen LogP contribution in [0.4, 0.5) is 0 Å². The molecule has 1 aliphatic heterocycles. The second-order valence-electron chi connectivity index (χ2n) is 6.83. The minimum Gasteiger partial charge on any atom is -0.325 e. The second-order valence-corrected chi connectivity index (χ2v) is 7.24. The number of rotatable bonds is 6. The number of hydroxylamine groups is 2. The molecule has 0 radical (unpaired) electrons. The second kappa shape index (κ2) is 7.66. The lowest BCUT2D eigenvalue weighted by Gasteiger charge is -2.19. The monoisotopic (exact) mass is 344 g/mol. The van der Waals surface area contributed by atoms with Crippen molar-refractivity contribution >= 4 is 11.6 Å². The predicted molar refractivity (Wildman–Crippen MR) is 98.9 cm³/mol. The van der Waals surface area contributed by atoms with Gasteiger partial charge in [-0.2, -0.15) is 5.06 Å². The van der Waals surface area contributed by atoms with Crippen LogP contribution in [0.15, 0.2) is 42.5 Å². The lowest BCUT2D eigenvalue weighted by atomic mass is 9.99. The van der Waals surface area contributed by atoms with Crippen molar-refractivity contribution in [1.82, 2.24) is 5.06 Å². The van der Waals surface area contributed by atoms with Gasteiger partial charge in [-0.15, -0.1) is 0 Å². The molecule has 1 atom stereocenters. The molecular formula is C20H25ClN2O. The molecule has 4 heteroatoms. The van der Waals surface area contributed by atoms with E-state index in [9.17, 15) is 0 Å². The van der Waals surface area contributed by atoms with E-state index in [1.807, 2.05) is 11.1 Å². The van der Waals surface area contributed by atoms with E-state index in [0.29, 0.717) is 12.5 Å². The van der Waals surface area contributed by atoms with Gasteiger partial charge in [0.05, 0.1) is 6.61 Å². The zero-order chi connectivity index (χ0) is 17.1. The molecule has 0 bridgehead atoms. The lowest BCUT2D eigenvalue weighted by Crippen LogP contribution is -2.32. The molecule has 0 aromatic heterocycles. The van der Waals surface area contributed by atoms with Crippen molar-refractivity contribution in [2.75, 3.05) is 6.61 Å². The van der Waals surface area contributed by atoms with Crippen molar-refractivity contribution in [3.63, 3.8) is 0 Å². The minimum atomic E-state index is -0.0730. The fourth-order valence-electron chi connectivity index (χ4n) is 3.02. The normalized spacial score (nSPS) is 15.7. The van der Waals surface area contributed by atoms with Crippen molar-refractivity contribution in [1.29, 1.82) is 0 Å². The van der Waals surface area contributed by atoms with Gasteiger partial charge in [0.25, 0.3) is 0 Å². The number of nitrogens with zero attached hydrogens (tertiary/aromatic N) is 1. The number of nitrogens with two attached hydrogens (primary N) is 1. The van der Waals surface area contributed by atoms with Gasteiger partial charge in [-0.1, -0.05) is 61.8 Å². The van der Waals surface area contributed by atoms with Crippen LogP contribution in [0.1, 0.15) is 42.0 Å². The summed E-state index contributed by atoms with van der Waals surface area (Å²) >= 11 is 6.40. The number of halogens is 1. The van der Waals surface area contributed by atoms with Crippen LogP contribution in [0.2, 0.25) is 5.02 Å². The van der Waals surface area contributed by atoms with Gasteiger partial charge in [0.2, 0.25) is 0 Å². The summed E-state index contributed by atoms with van der Waals surface area (Å²) in [5.74, 6) is 0.477. The Balaban J connectivity index is 1.51. The summed E-state index contributed by atoms with van der Waals surface area (Å²) in [6, 6.07) is 14.6. The van der Waals surface area contributed by atoms with Gasteiger partial charge in [-0.25, -0.2) is 0 Å². The van der Waals surface area contributed by atoms with Gasteiger partial charge >= 0.3 is 0 Å². The van der Waals surface area contributed by atoms with E-state index in [4.69, 9.17) is 22.2 Å². The van der Waals surface area contributed by atoms with Crippen molar-refractivity contribution in [2.24, 2.45) is 5.73 Å². The van der Waals surface area contributed by atoms with Gasteiger partial charge in [0.15, 0.2) is 0 Å². The standard InChI is InChI=1S/C20H25ClN2O/c1-14(2)15-7-8-16(20(21)10-15)9-19(22)13-24-23-11-17-5-3-4-6-18(17)12-23/h3-8,10,14,19H,9,11-13,22H2,1-2H3. The lowest BCUT2D eigenvalue weighted by molar-refractivity contribution is -0.169. The van der Waals surface area contributed by atoms with Gasteiger partial charge < -0.3 is 5.73 Å². The number of hydrogen-bond acceptors (Lipinski definition) is 3. The van der Waals surface area contributed by atoms with Gasteiger partial charge in [0, 0.05) is 24.2 Å². The first-order valence-electron chi connectivity index (χ1n) is 8.51. The van der Waals surface area contributed by atoms with Crippen LogP contribution >= 0.6 is 11.6 Å². The summed E-state index contributed by atoms with van der Waals surface area (Å²) in [5, 5.41) is 2.78. The van der Waals surface area contributed by atoms with E-state index in [-0.39, 0.29) is 6.04 Å². The van der Waals surface area contributed by atoms with Crippen LogP contribution in [0.5, 0.6) is 0 Å². The molecule has 0 spiro atoms. The molecule has 3 rings (SSSR count). The van der Waals surface area contributed by atoms with E-state index in [0.717, 1.165) is 30.1 Å². The molecule has 1 unspecified atom stereocenters. The van der Waals surface area contributed by atoms with Gasteiger partial charge in [-0.3, -0.25) is 4.84 Å². The molecule has 0 saturated carbocycles. The van der Waals surface area contributed by atoms with Crippen LogP contribution in [-0.4, -0.2) is 17.7 Å². The molecule has 1 aliphatic rings. The van der Waals surface area contributed by atoms with Gasteiger partial charge in [-0.05, 0) is 40.7 Å². The van der Waals surface area contributed by atoms with Crippen LogP contribution < -0.4 is 5.73 Å². The summed E-state index contributed by atoms with van der Waals surface area (Å²) in [6.07, 6.45) is 0.720. The third kappa shape index (κ3) is 4.17. The van der Waals surface area contributed by atoms with Gasteiger partial charge in [0.1, 0.15) is 0 Å². The topological polar surface area (TPSA) is 38.5 Å². The Bertz CT molecular complexity index is 677. The summed E-state index contributed by atoms with van der Waals surface area (Å²) in [6.45, 7) is 6.48. The highest BCUT2D eigenvalue weighted by Gasteiger charge is 2.20. The first kappa shape index (κ1) is 17.4. The fourth-order valence-corrected chi connectivity index (χ4v) is 3.29. The number of fused-ring (bicyclic) bond motifs is 1. The molecule has 24 heavy (non-hydrogen) atoms. The minimum absolute atomic E-state index is 0.0730. The molecule has 0 saturated heterocycles. The highest BCUT2D eigenvalue weighted by atomic mass is 35.5. The first-order chi connectivity index (χ1) is 11.5. The zero-order valence-electron chi connectivity index (χ0n) is 14.3. The van der Waals surface area contributed by atoms with E-state index >= 15 is 0 Å². The Morgan fingerprint density at radius 3 is 2.38 bits per heavy atom. The number of benzene rings is 2. The van der Waals surface area contributed by atoms with E-state index in [2.05, 4.69) is 50.2 Å². The third-order valence-electron chi connectivity index (χ3n) is 4.51. The molecule has 128 valence electrons. The Kier molecular flexibility index (Phi) is 5.57. The van der Waals surface area contributed by atoms with Crippen LogP contribution in [0.25, 0.3) is 0 Å². The van der Waals surface area contributed by atoms with E-state index in [1.54, 1.807) is 0 Å². The smallest absolute Gasteiger partial charge is 0.0839 e. The molecule has 0 amide bonds. The highest BCUT2D eigenvalue weighted by Crippen LogP contribution is 2.25. The third-order valence-corrected chi connectivity index (χ3v) is 4.86.